The fourth-order valence-electron chi connectivity index (χ4n) is 2.89. The molecule has 2 unspecified atom stereocenters. The molecule has 0 bridgehead atoms. The van der Waals surface area contributed by atoms with Crippen LogP contribution in [-0.4, -0.2) is 30.1 Å². The van der Waals surface area contributed by atoms with Gasteiger partial charge in [0, 0.05) is 18.9 Å². The second kappa shape index (κ2) is 7.62. The third-order valence-electron chi connectivity index (χ3n) is 4.42. The Morgan fingerprint density at radius 3 is 2.60 bits per heavy atom. The molecule has 1 saturated carbocycles. The molecule has 2 atom stereocenters. The summed E-state index contributed by atoms with van der Waals surface area (Å²) in [6, 6.07) is 0. The fourth-order valence-corrected chi connectivity index (χ4v) is 2.89. The molecular weight excluding hydrogens is 256 g/mol. The van der Waals surface area contributed by atoms with E-state index in [1.165, 1.54) is 0 Å². The minimum atomic E-state index is -0.765. The van der Waals surface area contributed by atoms with Crippen LogP contribution in [0.1, 0.15) is 52.4 Å². The average Bonchev–Trinajstić information content (AvgIpc) is 2.84. The molecule has 0 aromatic heterocycles. The predicted molar refractivity (Wildman–Crippen MR) is 78.2 cm³/mol. The zero-order valence-corrected chi connectivity index (χ0v) is 12.7. The minimum absolute atomic E-state index is 0.0609. The number of carboxylic acid groups (broad SMARTS) is 1. The highest BCUT2D eigenvalue weighted by Gasteiger charge is 2.31. The van der Waals surface area contributed by atoms with E-state index in [9.17, 15) is 9.59 Å². The Labute approximate surface area is 121 Å². The van der Waals surface area contributed by atoms with Crippen LogP contribution >= 0.6 is 0 Å². The lowest BCUT2D eigenvalue weighted by Crippen LogP contribution is -2.36. The van der Waals surface area contributed by atoms with Gasteiger partial charge in [-0.3, -0.25) is 9.59 Å². The summed E-state index contributed by atoms with van der Waals surface area (Å²) in [5, 5.41) is 11.7. The number of rotatable bonds is 8. The number of carbonyl (C=O) groups is 2. The number of hydrogen-bond donors (Lipinski definition) is 3. The monoisotopic (exact) mass is 284 g/mol. The fraction of sp³-hybridized carbons (Fsp3) is 0.867. The molecule has 0 aliphatic heterocycles. The lowest BCUT2D eigenvalue weighted by atomic mass is 9.84. The van der Waals surface area contributed by atoms with Crippen molar-refractivity contribution < 1.29 is 14.7 Å². The van der Waals surface area contributed by atoms with E-state index in [0.717, 1.165) is 25.7 Å². The summed E-state index contributed by atoms with van der Waals surface area (Å²) in [5.74, 6) is -0.247. The van der Waals surface area contributed by atoms with Crippen molar-refractivity contribution >= 4 is 11.9 Å². The van der Waals surface area contributed by atoms with Crippen molar-refractivity contribution in [1.29, 1.82) is 0 Å². The molecule has 0 radical (unpaired) electrons. The number of carbonyl (C=O) groups excluding carboxylic acids is 1. The van der Waals surface area contributed by atoms with Gasteiger partial charge in [0.2, 0.25) is 5.91 Å². The number of aliphatic carboxylic acids is 1. The van der Waals surface area contributed by atoms with Crippen LogP contribution in [0.4, 0.5) is 0 Å². The van der Waals surface area contributed by atoms with Gasteiger partial charge in [-0.1, -0.05) is 20.3 Å². The highest BCUT2D eigenvalue weighted by atomic mass is 16.4. The van der Waals surface area contributed by atoms with Crippen molar-refractivity contribution in [3.63, 3.8) is 0 Å². The van der Waals surface area contributed by atoms with Gasteiger partial charge < -0.3 is 16.2 Å². The summed E-state index contributed by atoms with van der Waals surface area (Å²) in [7, 11) is 0. The molecule has 0 aromatic rings. The Bertz CT molecular complexity index is 342. The summed E-state index contributed by atoms with van der Waals surface area (Å²) in [6.45, 7) is 5.28. The number of nitrogens with two attached hydrogens (primary N) is 1. The zero-order chi connectivity index (χ0) is 15.2. The van der Waals surface area contributed by atoms with Crippen molar-refractivity contribution in [3.8, 4) is 0 Å². The molecule has 1 rings (SSSR count). The first-order valence-electron chi connectivity index (χ1n) is 7.55. The maximum Gasteiger partial charge on any atom is 0.303 e. The van der Waals surface area contributed by atoms with Crippen LogP contribution in [0, 0.1) is 17.3 Å². The molecule has 1 fully saturated rings. The highest BCUT2D eigenvalue weighted by Crippen LogP contribution is 2.31. The van der Waals surface area contributed by atoms with Gasteiger partial charge in [-0.2, -0.15) is 0 Å². The normalized spacial score (nSPS) is 22.8. The number of nitrogens with one attached hydrogen (secondary N) is 1. The first kappa shape index (κ1) is 17.0. The van der Waals surface area contributed by atoms with Crippen LogP contribution in [-0.2, 0) is 9.59 Å². The minimum Gasteiger partial charge on any atom is -0.481 e. The molecule has 0 heterocycles. The quantitative estimate of drug-likeness (QED) is 0.633. The maximum atomic E-state index is 12.1. The van der Waals surface area contributed by atoms with Crippen molar-refractivity contribution in [2.24, 2.45) is 23.0 Å². The summed E-state index contributed by atoms with van der Waals surface area (Å²) in [6.07, 6.45) is 4.69. The lowest BCUT2D eigenvalue weighted by Gasteiger charge is -2.25. The van der Waals surface area contributed by atoms with Crippen molar-refractivity contribution in [2.75, 3.05) is 13.1 Å². The maximum absolute atomic E-state index is 12.1. The molecule has 1 aliphatic rings. The van der Waals surface area contributed by atoms with Gasteiger partial charge in [0.25, 0.3) is 0 Å². The topological polar surface area (TPSA) is 92.4 Å². The summed E-state index contributed by atoms with van der Waals surface area (Å²) >= 11 is 0. The van der Waals surface area contributed by atoms with Crippen LogP contribution in [0.3, 0.4) is 0 Å². The molecule has 4 N–H and O–H groups in total. The van der Waals surface area contributed by atoms with Crippen LogP contribution in [0.25, 0.3) is 0 Å². The zero-order valence-electron chi connectivity index (χ0n) is 12.7. The molecule has 0 saturated heterocycles. The van der Waals surface area contributed by atoms with E-state index in [4.69, 9.17) is 10.8 Å². The van der Waals surface area contributed by atoms with Gasteiger partial charge in [-0.15, -0.1) is 0 Å². The molecule has 5 heteroatoms. The molecule has 0 aromatic carbocycles. The largest absolute Gasteiger partial charge is 0.481 e. The standard InChI is InChI=1S/C15H28N2O3/c1-15(2,7-6-13(18)19)8-9-17-14(20)12-5-3-4-11(12)10-16/h11-12H,3-10,16H2,1-2H3,(H,17,20)(H,18,19). The van der Waals surface area contributed by atoms with E-state index in [-0.39, 0.29) is 23.7 Å². The number of amides is 1. The first-order valence-corrected chi connectivity index (χ1v) is 7.55. The van der Waals surface area contributed by atoms with Gasteiger partial charge in [-0.25, -0.2) is 0 Å². The summed E-state index contributed by atoms with van der Waals surface area (Å²) < 4.78 is 0. The molecule has 1 amide bonds. The van der Waals surface area contributed by atoms with Gasteiger partial charge in [-0.05, 0) is 43.6 Å². The number of hydrogen-bond acceptors (Lipinski definition) is 3. The Balaban J connectivity index is 2.29. The van der Waals surface area contributed by atoms with E-state index < -0.39 is 5.97 Å². The van der Waals surface area contributed by atoms with E-state index >= 15 is 0 Å². The van der Waals surface area contributed by atoms with E-state index in [1.807, 2.05) is 13.8 Å². The van der Waals surface area contributed by atoms with Crippen LogP contribution < -0.4 is 11.1 Å². The van der Waals surface area contributed by atoms with E-state index in [1.54, 1.807) is 0 Å². The Kier molecular flexibility index (Phi) is 6.46. The summed E-state index contributed by atoms with van der Waals surface area (Å²) in [4.78, 5) is 22.7. The Hall–Kier alpha value is -1.10. The van der Waals surface area contributed by atoms with Gasteiger partial charge in [0.1, 0.15) is 0 Å². The second-order valence-electron chi connectivity index (χ2n) is 6.63. The summed E-state index contributed by atoms with van der Waals surface area (Å²) in [5.41, 5.74) is 5.63. The SMILES string of the molecule is CC(C)(CCNC(=O)C1CCCC1CN)CCC(=O)O. The molecule has 1 aliphatic carbocycles. The van der Waals surface area contributed by atoms with E-state index in [0.29, 0.717) is 25.4 Å². The van der Waals surface area contributed by atoms with Gasteiger partial charge in [0.05, 0.1) is 0 Å². The molecule has 0 spiro atoms. The average molecular weight is 284 g/mol. The smallest absolute Gasteiger partial charge is 0.303 e. The Morgan fingerprint density at radius 1 is 1.30 bits per heavy atom. The van der Waals surface area contributed by atoms with Crippen molar-refractivity contribution in [3.05, 3.63) is 0 Å². The van der Waals surface area contributed by atoms with Crippen LogP contribution in [0.15, 0.2) is 0 Å². The van der Waals surface area contributed by atoms with Gasteiger partial charge in [0.15, 0.2) is 0 Å². The Morgan fingerprint density at radius 2 is 2.00 bits per heavy atom. The van der Waals surface area contributed by atoms with Crippen molar-refractivity contribution in [2.45, 2.75) is 52.4 Å². The third kappa shape index (κ3) is 5.49. The highest BCUT2D eigenvalue weighted by molar-refractivity contribution is 5.79. The van der Waals surface area contributed by atoms with Crippen LogP contribution in [0.5, 0.6) is 0 Å². The molecule has 20 heavy (non-hydrogen) atoms. The third-order valence-corrected chi connectivity index (χ3v) is 4.42. The van der Waals surface area contributed by atoms with Gasteiger partial charge >= 0.3 is 5.97 Å². The van der Waals surface area contributed by atoms with E-state index in [2.05, 4.69) is 5.32 Å². The molecule has 116 valence electrons. The lowest BCUT2D eigenvalue weighted by molar-refractivity contribution is -0.137. The second-order valence-corrected chi connectivity index (χ2v) is 6.63. The molecule has 5 nitrogen and oxygen atoms in total. The van der Waals surface area contributed by atoms with Crippen molar-refractivity contribution in [1.82, 2.24) is 5.32 Å². The first-order chi connectivity index (χ1) is 9.35. The van der Waals surface area contributed by atoms with Crippen LogP contribution in [0.2, 0.25) is 0 Å². The number of carboxylic acids is 1. The molecular formula is C15H28N2O3. The predicted octanol–water partition coefficient (Wildman–Crippen LogP) is 1.76.